The van der Waals surface area contributed by atoms with Crippen molar-refractivity contribution in [2.45, 2.75) is 20.0 Å². The van der Waals surface area contributed by atoms with Gasteiger partial charge in [-0.3, -0.25) is 4.99 Å². The Hall–Kier alpha value is -3.00. The van der Waals surface area contributed by atoms with Gasteiger partial charge in [0, 0.05) is 44.8 Å². The molecule has 0 radical (unpaired) electrons. The summed E-state index contributed by atoms with van der Waals surface area (Å²) in [6.07, 6.45) is 0.607. The Kier molecular flexibility index (Phi) is 7.32. The predicted octanol–water partition coefficient (Wildman–Crippen LogP) is 3.03. The van der Waals surface area contributed by atoms with E-state index in [1.165, 1.54) is 6.07 Å². The van der Waals surface area contributed by atoms with Gasteiger partial charge in [-0.25, -0.2) is 4.39 Å². The summed E-state index contributed by atoms with van der Waals surface area (Å²) in [6.45, 7) is 7.48. The minimum Gasteiger partial charge on any atom is -0.495 e. The standard InChI is InChI=1S/C24H31FN4O3/c1-3-26-24(27-9-8-18-14-20(25)15-19-16-31-17-32-23(18)19)29-12-10-28(11-13-29)21-6-4-5-7-22(21)30-2/h4-7,14-15H,3,8-13,16-17H2,1-2H3,(H,26,27). The highest BCUT2D eigenvalue weighted by molar-refractivity contribution is 5.80. The normalized spacial score (nSPS) is 16.4. The van der Waals surface area contributed by atoms with Gasteiger partial charge in [-0.15, -0.1) is 0 Å². The largest absolute Gasteiger partial charge is 0.495 e. The van der Waals surface area contributed by atoms with Crippen molar-refractivity contribution in [2.24, 2.45) is 4.99 Å². The number of rotatable bonds is 6. The first-order chi connectivity index (χ1) is 15.7. The molecule has 4 rings (SSSR count). The Labute approximate surface area is 188 Å². The molecule has 1 fully saturated rings. The number of guanidine groups is 1. The van der Waals surface area contributed by atoms with Crippen LogP contribution >= 0.6 is 0 Å². The van der Waals surface area contributed by atoms with Gasteiger partial charge in [-0.2, -0.15) is 0 Å². The van der Waals surface area contributed by atoms with E-state index in [2.05, 4.69) is 28.1 Å². The molecular weight excluding hydrogens is 411 g/mol. The molecule has 8 heteroatoms. The molecule has 32 heavy (non-hydrogen) atoms. The highest BCUT2D eigenvalue weighted by atomic mass is 19.1. The number of piperazine rings is 1. The number of halogens is 1. The van der Waals surface area contributed by atoms with E-state index in [1.54, 1.807) is 13.2 Å². The predicted molar refractivity (Wildman–Crippen MR) is 123 cm³/mol. The number of methoxy groups -OCH3 is 1. The van der Waals surface area contributed by atoms with E-state index in [4.69, 9.17) is 19.2 Å². The van der Waals surface area contributed by atoms with Crippen LogP contribution in [0.3, 0.4) is 0 Å². The Morgan fingerprint density at radius 1 is 1.19 bits per heavy atom. The minimum absolute atomic E-state index is 0.202. The van der Waals surface area contributed by atoms with Gasteiger partial charge >= 0.3 is 0 Å². The molecule has 7 nitrogen and oxygen atoms in total. The number of nitrogens with zero attached hydrogens (tertiary/aromatic N) is 3. The van der Waals surface area contributed by atoms with E-state index in [0.29, 0.717) is 19.6 Å². The number of ether oxygens (including phenoxy) is 3. The molecule has 1 N–H and O–H groups in total. The number of nitrogens with one attached hydrogen (secondary N) is 1. The Bertz CT molecular complexity index is 945. The lowest BCUT2D eigenvalue weighted by Gasteiger charge is -2.38. The van der Waals surface area contributed by atoms with Gasteiger partial charge in [0.2, 0.25) is 0 Å². The number of fused-ring (bicyclic) bond motifs is 1. The first-order valence-electron chi connectivity index (χ1n) is 11.1. The maximum atomic E-state index is 14.0. The van der Waals surface area contributed by atoms with Gasteiger partial charge in [0.1, 0.15) is 17.3 Å². The van der Waals surface area contributed by atoms with E-state index in [9.17, 15) is 4.39 Å². The molecular formula is C24H31FN4O3. The third-order valence-corrected chi connectivity index (χ3v) is 5.73. The van der Waals surface area contributed by atoms with E-state index in [-0.39, 0.29) is 12.6 Å². The van der Waals surface area contributed by atoms with Gasteiger partial charge in [-0.1, -0.05) is 12.1 Å². The maximum absolute atomic E-state index is 14.0. The fourth-order valence-corrected chi connectivity index (χ4v) is 4.20. The lowest BCUT2D eigenvalue weighted by atomic mass is 10.1. The van der Waals surface area contributed by atoms with Crippen molar-refractivity contribution in [3.05, 3.63) is 53.3 Å². The number of benzene rings is 2. The van der Waals surface area contributed by atoms with Gasteiger partial charge in [-0.05, 0) is 43.2 Å². The van der Waals surface area contributed by atoms with E-state index in [1.807, 2.05) is 18.2 Å². The zero-order valence-corrected chi connectivity index (χ0v) is 18.8. The summed E-state index contributed by atoms with van der Waals surface area (Å²) in [5.74, 6) is 2.26. The molecule has 0 saturated carbocycles. The highest BCUT2D eigenvalue weighted by Gasteiger charge is 2.22. The maximum Gasteiger partial charge on any atom is 0.194 e. The number of hydrogen-bond acceptors (Lipinski definition) is 5. The average molecular weight is 443 g/mol. The molecule has 172 valence electrons. The van der Waals surface area contributed by atoms with Crippen LogP contribution in [0.25, 0.3) is 0 Å². The van der Waals surface area contributed by atoms with Crippen molar-refractivity contribution in [3.8, 4) is 11.5 Å². The number of anilines is 1. The van der Waals surface area contributed by atoms with Crippen LogP contribution in [0.15, 0.2) is 41.4 Å². The molecule has 2 aromatic rings. The molecule has 0 amide bonds. The Morgan fingerprint density at radius 2 is 2.00 bits per heavy atom. The van der Waals surface area contributed by atoms with Crippen molar-refractivity contribution in [3.63, 3.8) is 0 Å². The van der Waals surface area contributed by atoms with Gasteiger partial charge < -0.3 is 29.3 Å². The number of hydrogen-bond donors (Lipinski definition) is 1. The van der Waals surface area contributed by atoms with Crippen molar-refractivity contribution in [1.82, 2.24) is 10.2 Å². The SMILES string of the molecule is CCNC(=NCCc1cc(F)cc2c1OCOC2)N1CCN(c2ccccc2OC)CC1. The molecule has 2 aliphatic heterocycles. The quantitative estimate of drug-likeness (QED) is 0.548. The highest BCUT2D eigenvalue weighted by Crippen LogP contribution is 2.30. The second kappa shape index (κ2) is 10.5. The van der Waals surface area contributed by atoms with Crippen molar-refractivity contribution in [2.75, 3.05) is 58.1 Å². The van der Waals surface area contributed by atoms with Gasteiger partial charge in [0.25, 0.3) is 0 Å². The molecule has 0 atom stereocenters. The summed E-state index contributed by atoms with van der Waals surface area (Å²) in [6, 6.07) is 11.1. The lowest BCUT2D eigenvalue weighted by Crippen LogP contribution is -2.52. The smallest absolute Gasteiger partial charge is 0.194 e. The number of aliphatic imine (C=N–C) groups is 1. The topological polar surface area (TPSA) is 58.6 Å². The molecule has 0 aromatic heterocycles. The van der Waals surface area contributed by atoms with Crippen LogP contribution in [0, 0.1) is 5.82 Å². The first kappa shape index (κ1) is 22.2. The van der Waals surface area contributed by atoms with Crippen molar-refractivity contribution < 1.29 is 18.6 Å². The fraction of sp³-hybridized carbons (Fsp3) is 0.458. The van der Waals surface area contributed by atoms with Gasteiger partial charge in [0.15, 0.2) is 12.8 Å². The molecule has 2 heterocycles. The summed E-state index contributed by atoms with van der Waals surface area (Å²) < 4.78 is 30.4. The Balaban J connectivity index is 1.40. The van der Waals surface area contributed by atoms with E-state index in [0.717, 1.165) is 67.0 Å². The summed E-state index contributed by atoms with van der Waals surface area (Å²) >= 11 is 0. The average Bonchev–Trinajstić information content (AvgIpc) is 2.83. The minimum atomic E-state index is -0.267. The van der Waals surface area contributed by atoms with Crippen LogP contribution < -0.4 is 19.7 Å². The summed E-state index contributed by atoms with van der Waals surface area (Å²) in [5.41, 5.74) is 2.72. The fourth-order valence-electron chi connectivity index (χ4n) is 4.20. The summed E-state index contributed by atoms with van der Waals surface area (Å²) in [4.78, 5) is 9.44. The summed E-state index contributed by atoms with van der Waals surface area (Å²) in [5, 5.41) is 3.40. The third-order valence-electron chi connectivity index (χ3n) is 5.73. The van der Waals surface area contributed by atoms with E-state index < -0.39 is 0 Å². The zero-order valence-electron chi connectivity index (χ0n) is 18.8. The lowest BCUT2D eigenvalue weighted by molar-refractivity contribution is -0.0172. The molecule has 1 saturated heterocycles. The molecule has 0 unspecified atom stereocenters. The first-order valence-corrected chi connectivity index (χ1v) is 11.1. The van der Waals surface area contributed by atoms with Crippen LogP contribution in [0.5, 0.6) is 11.5 Å². The van der Waals surface area contributed by atoms with E-state index >= 15 is 0 Å². The second-order valence-corrected chi connectivity index (χ2v) is 7.80. The van der Waals surface area contributed by atoms with Crippen LogP contribution in [-0.2, 0) is 17.8 Å². The zero-order chi connectivity index (χ0) is 22.3. The van der Waals surface area contributed by atoms with Crippen LogP contribution in [0.1, 0.15) is 18.1 Å². The Morgan fingerprint density at radius 3 is 2.78 bits per heavy atom. The molecule has 2 aromatic carbocycles. The monoisotopic (exact) mass is 442 g/mol. The molecule has 0 aliphatic carbocycles. The van der Waals surface area contributed by atoms with Crippen molar-refractivity contribution >= 4 is 11.6 Å². The molecule has 0 bridgehead atoms. The van der Waals surface area contributed by atoms with Crippen LogP contribution in [0.2, 0.25) is 0 Å². The molecule has 2 aliphatic rings. The summed E-state index contributed by atoms with van der Waals surface area (Å²) in [7, 11) is 1.71. The van der Waals surface area contributed by atoms with Crippen molar-refractivity contribution in [1.29, 1.82) is 0 Å². The third kappa shape index (κ3) is 5.07. The number of para-hydroxylation sites is 2. The van der Waals surface area contributed by atoms with Crippen LogP contribution in [-0.4, -0.2) is 64.0 Å². The van der Waals surface area contributed by atoms with Crippen LogP contribution in [0.4, 0.5) is 10.1 Å². The molecule has 0 spiro atoms. The second-order valence-electron chi connectivity index (χ2n) is 7.80. The van der Waals surface area contributed by atoms with Gasteiger partial charge in [0.05, 0.1) is 19.4 Å².